The van der Waals surface area contributed by atoms with Crippen LogP contribution in [0.25, 0.3) is 0 Å². The Hall–Kier alpha value is -1.99. The average molecular weight is 383 g/mol. The maximum absolute atomic E-state index is 12.5. The minimum absolute atomic E-state index is 0.362. The van der Waals surface area contributed by atoms with Crippen molar-refractivity contribution in [3.63, 3.8) is 0 Å². The van der Waals surface area contributed by atoms with Crippen LogP contribution in [0.2, 0.25) is 0 Å². The van der Waals surface area contributed by atoms with Gasteiger partial charge in [0.2, 0.25) is 0 Å². The first kappa shape index (κ1) is 21.3. The van der Waals surface area contributed by atoms with E-state index in [0.717, 1.165) is 25.7 Å². The van der Waals surface area contributed by atoms with Gasteiger partial charge in [-0.15, -0.1) is 0 Å². The van der Waals surface area contributed by atoms with Crippen molar-refractivity contribution in [1.82, 2.24) is 15.1 Å². The molecule has 0 radical (unpaired) electrons. The standard InChI is InChI=1S/C19H33N3O5/c1-19(2,3)27-18(26)22-11-9-21(10-12-22)17(25)20-15(16(23)24)13-14-7-5-4-6-8-14/h14-15H,4-13H2,1-3H3,(H,20,25)(H,23,24)/t15-/m0/s1. The zero-order valence-electron chi connectivity index (χ0n) is 16.7. The molecule has 1 heterocycles. The summed E-state index contributed by atoms with van der Waals surface area (Å²) in [5.41, 5.74) is -0.556. The molecule has 1 aliphatic carbocycles. The number of carbonyl (C=O) groups excluding carboxylic acids is 2. The smallest absolute Gasteiger partial charge is 0.410 e. The lowest BCUT2D eigenvalue weighted by molar-refractivity contribution is -0.139. The van der Waals surface area contributed by atoms with Gasteiger partial charge >= 0.3 is 18.1 Å². The highest BCUT2D eigenvalue weighted by Crippen LogP contribution is 2.27. The summed E-state index contributed by atoms with van der Waals surface area (Å²) in [5, 5.41) is 12.1. The van der Waals surface area contributed by atoms with Gasteiger partial charge in [0, 0.05) is 26.2 Å². The highest BCUT2D eigenvalue weighted by Gasteiger charge is 2.30. The number of carboxylic acids is 1. The van der Waals surface area contributed by atoms with Gasteiger partial charge in [-0.2, -0.15) is 0 Å². The van der Waals surface area contributed by atoms with Crippen molar-refractivity contribution in [2.24, 2.45) is 5.92 Å². The molecule has 0 aromatic rings. The third kappa shape index (κ3) is 6.92. The summed E-state index contributed by atoms with van der Waals surface area (Å²) in [7, 11) is 0. The zero-order valence-corrected chi connectivity index (χ0v) is 16.7. The number of rotatable bonds is 4. The van der Waals surface area contributed by atoms with Crippen LogP contribution in [0.15, 0.2) is 0 Å². The Morgan fingerprint density at radius 1 is 1.04 bits per heavy atom. The van der Waals surface area contributed by atoms with E-state index in [1.807, 2.05) is 20.8 Å². The lowest BCUT2D eigenvalue weighted by Gasteiger charge is -2.36. The molecule has 3 amide bonds. The van der Waals surface area contributed by atoms with E-state index in [1.165, 1.54) is 6.42 Å². The van der Waals surface area contributed by atoms with Crippen LogP contribution in [0.3, 0.4) is 0 Å². The Kier molecular flexibility index (Phi) is 7.33. The molecule has 2 N–H and O–H groups in total. The van der Waals surface area contributed by atoms with Crippen LogP contribution in [0, 0.1) is 5.92 Å². The number of carbonyl (C=O) groups is 3. The van der Waals surface area contributed by atoms with Crippen molar-refractivity contribution in [2.45, 2.75) is 70.9 Å². The molecule has 0 bridgehead atoms. The van der Waals surface area contributed by atoms with Gasteiger partial charge in [-0.05, 0) is 33.1 Å². The molecule has 8 heteroatoms. The van der Waals surface area contributed by atoms with Crippen LogP contribution in [-0.2, 0) is 9.53 Å². The fraction of sp³-hybridized carbons (Fsp3) is 0.842. The van der Waals surface area contributed by atoms with Gasteiger partial charge in [0.1, 0.15) is 11.6 Å². The third-order valence-electron chi connectivity index (χ3n) is 5.11. The third-order valence-corrected chi connectivity index (χ3v) is 5.11. The molecular formula is C19H33N3O5. The molecule has 1 saturated heterocycles. The van der Waals surface area contributed by atoms with Gasteiger partial charge < -0.3 is 25.0 Å². The molecule has 2 fully saturated rings. The number of urea groups is 1. The van der Waals surface area contributed by atoms with Crippen molar-refractivity contribution >= 4 is 18.1 Å². The summed E-state index contributed by atoms with van der Waals surface area (Å²) in [6, 6.07) is -1.23. The van der Waals surface area contributed by atoms with Crippen LogP contribution in [0.5, 0.6) is 0 Å². The highest BCUT2D eigenvalue weighted by atomic mass is 16.6. The van der Waals surface area contributed by atoms with E-state index >= 15 is 0 Å². The van der Waals surface area contributed by atoms with Gasteiger partial charge in [0.25, 0.3) is 0 Å². The number of hydrogen-bond acceptors (Lipinski definition) is 4. The van der Waals surface area contributed by atoms with Crippen molar-refractivity contribution in [3.8, 4) is 0 Å². The van der Waals surface area contributed by atoms with E-state index in [9.17, 15) is 19.5 Å². The molecule has 154 valence electrons. The Balaban J connectivity index is 1.81. The maximum atomic E-state index is 12.5. The molecule has 1 aliphatic heterocycles. The van der Waals surface area contributed by atoms with E-state index in [-0.39, 0.29) is 12.1 Å². The first-order valence-electron chi connectivity index (χ1n) is 9.92. The number of piperazine rings is 1. The molecule has 27 heavy (non-hydrogen) atoms. The number of nitrogens with one attached hydrogen (secondary N) is 1. The highest BCUT2D eigenvalue weighted by molar-refractivity contribution is 5.82. The molecule has 8 nitrogen and oxygen atoms in total. The summed E-state index contributed by atoms with van der Waals surface area (Å²) in [6.07, 6.45) is 5.65. The van der Waals surface area contributed by atoms with E-state index < -0.39 is 17.6 Å². The predicted octanol–water partition coefficient (Wildman–Crippen LogP) is 2.67. The van der Waals surface area contributed by atoms with Crippen LogP contribution >= 0.6 is 0 Å². The van der Waals surface area contributed by atoms with Crippen LogP contribution < -0.4 is 5.32 Å². The first-order valence-corrected chi connectivity index (χ1v) is 9.92. The second-order valence-electron chi connectivity index (χ2n) is 8.53. The molecule has 0 unspecified atom stereocenters. The molecule has 2 aliphatic rings. The molecule has 1 atom stereocenters. The van der Waals surface area contributed by atoms with Crippen molar-refractivity contribution in [1.29, 1.82) is 0 Å². The number of aliphatic carboxylic acids is 1. The normalized spacial score (nSPS) is 20.1. The van der Waals surface area contributed by atoms with Gasteiger partial charge in [-0.3, -0.25) is 0 Å². The molecule has 0 aromatic carbocycles. The number of amides is 3. The number of carboxylic acid groups (broad SMARTS) is 1. The Labute approximate surface area is 161 Å². The van der Waals surface area contributed by atoms with E-state index in [4.69, 9.17) is 4.74 Å². The van der Waals surface area contributed by atoms with Gasteiger partial charge in [0.05, 0.1) is 0 Å². The van der Waals surface area contributed by atoms with Gasteiger partial charge in [0.15, 0.2) is 0 Å². The Morgan fingerprint density at radius 2 is 1.59 bits per heavy atom. The maximum Gasteiger partial charge on any atom is 0.410 e. The number of nitrogens with zero attached hydrogens (tertiary/aromatic N) is 2. The number of ether oxygens (including phenoxy) is 1. The zero-order chi connectivity index (χ0) is 20.0. The Morgan fingerprint density at radius 3 is 2.11 bits per heavy atom. The van der Waals surface area contributed by atoms with Crippen molar-refractivity contribution in [3.05, 3.63) is 0 Å². The second kappa shape index (κ2) is 9.28. The van der Waals surface area contributed by atoms with Crippen LogP contribution in [0.1, 0.15) is 59.3 Å². The minimum atomic E-state index is -0.985. The van der Waals surface area contributed by atoms with Gasteiger partial charge in [-0.25, -0.2) is 14.4 Å². The minimum Gasteiger partial charge on any atom is -0.480 e. The largest absolute Gasteiger partial charge is 0.480 e. The quantitative estimate of drug-likeness (QED) is 0.777. The average Bonchev–Trinajstić information content (AvgIpc) is 2.60. The fourth-order valence-corrected chi connectivity index (χ4v) is 3.64. The van der Waals surface area contributed by atoms with Crippen molar-refractivity contribution < 1.29 is 24.2 Å². The summed E-state index contributed by atoms with van der Waals surface area (Å²) < 4.78 is 5.34. The molecule has 2 rings (SSSR count). The first-order chi connectivity index (χ1) is 12.7. The lowest BCUT2D eigenvalue weighted by Crippen LogP contribution is -2.56. The van der Waals surface area contributed by atoms with Crippen LogP contribution in [0.4, 0.5) is 9.59 Å². The fourth-order valence-electron chi connectivity index (χ4n) is 3.64. The molecule has 0 spiro atoms. The SMILES string of the molecule is CC(C)(C)OC(=O)N1CCN(C(=O)N[C@@H](CC2CCCCC2)C(=O)O)CC1. The predicted molar refractivity (Wildman–Crippen MR) is 101 cm³/mol. The molecular weight excluding hydrogens is 350 g/mol. The summed E-state index contributed by atoms with van der Waals surface area (Å²) in [5.74, 6) is -0.620. The Bertz CT molecular complexity index is 532. The van der Waals surface area contributed by atoms with E-state index in [0.29, 0.717) is 38.5 Å². The lowest BCUT2D eigenvalue weighted by atomic mass is 9.85. The molecule has 1 saturated carbocycles. The van der Waals surface area contributed by atoms with Gasteiger partial charge in [-0.1, -0.05) is 32.1 Å². The van der Waals surface area contributed by atoms with Crippen LogP contribution in [-0.4, -0.2) is 70.8 Å². The summed E-state index contributed by atoms with van der Waals surface area (Å²) in [6.45, 7) is 6.92. The van der Waals surface area contributed by atoms with Crippen molar-refractivity contribution in [2.75, 3.05) is 26.2 Å². The molecule has 0 aromatic heterocycles. The summed E-state index contributed by atoms with van der Waals surface area (Å²) in [4.78, 5) is 39.3. The summed E-state index contributed by atoms with van der Waals surface area (Å²) >= 11 is 0. The second-order valence-corrected chi connectivity index (χ2v) is 8.53. The van der Waals surface area contributed by atoms with E-state index in [1.54, 1.807) is 9.80 Å². The monoisotopic (exact) mass is 383 g/mol. The van der Waals surface area contributed by atoms with E-state index in [2.05, 4.69) is 5.32 Å². The topological polar surface area (TPSA) is 99.2 Å². The number of hydrogen-bond donors (Lipinski definition) is 2.